The van der Waals surface area contributed by atoms with Crippen LogP contribution in [0.2, 0.25) is 0 Å². The van der Waals surface area contributed by atoms with Crippen LogP contribution in [0.5, 0.6) is 0 Å². The van der Waals surface area contributed by atoms with E-state index >= 15 is 0 Å². The molecule has 3 aromatic rings. The lowest BCUT2D eigenvalue weighted by Crippen LogP contribution is -2.16. The monoisotopic (exact) mass is 381 g/mol. The van der Waals surface area contributed by atoms with Gasteiger partial charge in [0.25, 0.3) is 0 Å². The van der Waals surface area contributed by atoms with Gasteiger partial charge in [0.1, 0.15) is 0 Å². The number of esters is 1. The van der Waals surface area contributed by atoms with Gasteiger partial charge in [0.15, 0.2) is 6.61 Å². The van der Waals surface area contributed by atoms with Gasteiger partial charge in [0.05, 0.1) is 12.1 Å². The number of carbonyl (C=O) groups excluding carboxylic acids is 2. The van der Waals surface area contributed by atoms with E-state index in [-0.39, 0.29) is 12.4 Å². The fraction of sp³-hybridized carbons (Fsp3) is 0.273. The summed E-state index contributed by atoms with van der Waals surface area (Å²) >= 11 is 1.69. The number of benzene rings is 1. The normalized spacial score (nSPS) is 10.8. The fourth-order valence-corrected chi connectivity index (χ4v) is 3.82. The summed E-state index contributed by atoms with van der Waals surface area (Å²) in [6.45, 7) is 8.18. The Morgan fingerprint density at radius 1 is 1.04 bits per heavy atom. The lowest BCUT2D eigenvalue weighted by atomic mass is 10.1. The molecule has 0 saturated carbocycles. The van der Waals surface area contributed by atoms with Crippen molar-refractivity contribution < 1.29 is 14.3 Å². The zero-order valence-electron chi connectivity index (χ0n) is 16.0. The second-order valence-electron chi connectivity index (χ2n) is 6.77. The summed E-state index contributed by atoms with van der Waals surface area (Å²) in [6, 6.07) is 11.6. The van der Waals surface area contributed by atoms with Crippen LogP contribution >= 0.6 is 11.3 Å². The van der Waals surface area contributed by atoms with Crippen molar-refractivity contribution in [2.24, 2.45) is 0 Å². The van der Waals surface area contributed by atoms with E-state index in [9.17, 15) is 9.59 Å². The molecule has 2 heterocycles. The van der Waals surface area contributed by atoms with Gasteiger partial charge in [0, 0.05) is 21.8 Å². The van der Waals surface area contributed by atoms with E-state index in [0.29, 0.717) is 11.1 Å². The molecule has 0 amide bonds. The molecule has 2 aromatic heterocycles. The Labute approximate surface area is 163 Å². The second kappa shape index (κ2) is 7.92. The maximum absolute atomic E-state index is 12.6. The molecule has 0 atom stereocenters. The molecule has 140 valence electrons. The Hall–Kier alpha value is -2.66. The number of carbonyl (C=O) groups is 2. The van der Waals surface area contributed by atoms with Crippen LogP contribution in [0.3, 0.4) is 0 Å². The van der Waals surface area contributed by atoms with Gasteiger partial charge < -0.3 is 9.30 Å². The van der Waals surface area contributed by atoms with Crippen LogP contribution in [0.15, 0.2) is 41.8 Å². The number of hydrogen-bond donors (Lipinski definition) is 0. The Morgan fingerprint density at radius 2 is 1.81 bits per heavy atom. The van der Waals surface area contributed by atoms with Crippen molar-refractivity contribution in [3.8, 4) is 0 Å². The van der Waals surface area contributed by atoms with Crippen molar-refractivity contribution in [2.45, 2.75) is 34.2 Å². The topological polar surface area (TPSA) is 48.3 Å². The average Bonchev–Trinajstić information content (AvgIpc) is 3.25. The predicted molar refractivity (Wildman–Crippen MR) is 108 cm³/mol. The van der Waals surface area contributed by atoms with Crippen LogP contribution < -0.4 is 0 Å². The molecule has 0 radical (unpaired) electrons. The molecule has 0 unspecified atom stereocenters. The Bertz CT molecular complexity index is 983. The number of thiophene rings is 1. The smallest absolute Gasteiger partial charge is 0.338 e. The maximum atomic E-state index is 12.6. The molecule has 0 bridgehead atoms. The van der Waals surface area contributed by atoms with E-state index in [1.165, 1.54) is 4.88 Å². The van der Waals surface area contributed by atoms with Crippen LogP contribution in [-0.2, 0) is 11.3 Å². The molecule has 1 aromatic carbocycles. The summed E-state index contributed by atoms with van der Waals surface area (Å²) in [6.07, 6.45) is 0. The van der Waals surface area contributed by atoms with Crippen molar-refractivity contribution in [1.29, 1.82) is 0 Å². The standard InChI is InChI=1S/C22H23NO3S/c1-14-7-8-15(2)19(10-14)22(25)26-13-21(24)20-11-16(3)23(17(20)4)12-18-6-5-9-27-18/h5-11H,12-13H2,1-4H3. The van der Waals surface area contributed by atoms with E-state index in [1.54, 1.807) is 17.4 Å². The number of aryl methyl sites for hydroxylation is 3. The van der Waals surface area contributed by atoms with Crippen LogP contribution in [-0.4, -0.2) is 22.9 Å². The largest absolute Gasteiger partial charge is 0.454 e. The summed E-state index contributed by atoms with van der Waals surface area (Å²) < 4.78 is 7.41. The molecule has 0 aliphatic carbocycles. The predicted octanol–water partition coefficient (Wildman–Crippen LogP) is 4.87. The van der Waals surface area contributed by atoms with E-state index in [4.69, 9.17) is 4.74 Å². The van der Waals surface area contributed by atoms with Crippen molar-refractivity contribution >= 4 is 23.1 Å². The molecular weight excluding hydrogens is 358 g/mol. The Kier molecular flexibility index (Phi) is 5.61. The zero-order valence-corrected chi connectivity index (χ0v) is 16.9. The summed E-state index contributed by atoms with van der Waals surface area (Å²) in [5.74, 6) is -0.642. The third-order valence-electron chi connectivity index (χ3n) is 4.72. The van der Waals surface area contributed by atoms with Gasteiger partial charge in [-0.15, -0.1) is 11.3 Å². The van der Waals surface area contributed by atoms with Gasteiger partial charge in [0.2, 0.25) is 5.78 Å². The van der Waals surface area contributed by atoms with E-state index < -0.39 is 5.97 Å². The Balaban J connectivity index is 1.71. The minimum Gasteiger partial charge on any atom is -0.454 e. The highest BCUT2D eigenvalue weighted by atomic mass is 32.1. The first-order valence-corrected chi connectivity index (χ1v) is 9.71. The van der Waals surface area contributed by atoms with E-state index in [1.807, 2.05) is 57.3 Å². The third kappa shape index (κ3) is 4.19. The second-order valence-corrected chi connectivity index (χ2v) is 7.80. The molecule has 0 saturated heterocycles. The number of nitrogens with zero attached hydrogens (tertiary/aromatic N) is 1. The minimum atomic E-state index is -0.461. The zero-order chi connectivity index (χ0) is 19.6. The maximum Gasteiger partial charge on any atom is 0.338 e. The molecule has 0 N–H and O–H groups in total. The van der Waals surface area contributed by atoms with Crippen LogP contribution in [0.1, 0.15) is 48.1 Å². The molecule has 5 heteroatoms. The van der Waals surface area contributed by atoms with E-state index in [2.05, 4.69) is 10.6 Å². The van der Waals surface area contributed by atoms with Crippen molar-refractivity contribution in [1.82, 2.24) is 4.57 Å². The van der Waals surface area contributed by atoms with Crippen LogP contribution in [0.4, 0.5) is 0 Å². The minimum absolute atomic E-state index is 0.181. The highest BCUT2D eigenvalue weighted by Gasteiger charge is 2.19. The van der Waals surface area contributed by atoms with Gasteiger partial charge in [-0.2, -0.15) is 0 Å². The van der Waals surface area contributed by atoms with Crippen LogP contribution in [0, 0.1) is 27.7 Å². The fourth-order valence-electron chi connectivity index (χ4n) is 3.13. The molecule has 0 fully saturated rings. The van der Waals surface area contributed by atoms with Crippen molar-refractivity contribution in [3.05, 3.63) is 80.3 Å². The molecular formula is C22H23NO3S. The first-order chi connectivity index (χ1) is 12.9. The summed E-state index contributed by atoms with van der Waals surface area (Å²) in [5, 5.41) is 2.04. The quantitative estimate of drug-likeness (QED) is 0.452. The molecule has 0 aliphatic rings. The third-order valence-corrected chi connectivity index (χ3v) is 5.58. The van der Waals surface area contributed by atoms with Gasteiger partial charge in [-0.3, -0.25) is 4.79 Å². The number of hydrogen-bond acceptors (Lipinski definition) is 4. The van der Waals surface area contributed by atoms with Gasteiger partial charge in [-0.25, -0.2) is 4.79 Å². The molecule has 3 rings (SSSR count). The van der Waals surface area contributed by atoms with Gasteiger partial charge in [-0.05, 0) is 56.8 Å². The molecule has 0 spiro atoms. The SMILES string of the molecule is Cc1ccc(C)c(C(=O)OCC(=O)c2cc(C)n(Cc3cccs3)c2C)c1. The number of aromatic nitrogens is 1. The van der Waals surface area contributed by atoms with E-state index in [0.717, 1.165) is 29.1 Å². The lowest BCUT2D eigenvalue weighted by Gasteiger charge is -2.09. The number of Topliss-reactive ketones (excluding diaryl/α,β-unsaturated/α-hetero) is 1. The summed E-state index contributed by atoms with van der Waals surface area (Å²) in [7, 11) is 0. The number of ether oxygens (including phenoxy) is 1. The summed E-state index contributed by atoms with van der Waals surface area (Å²) in [4.78, 5) is 26.2. The number of rotatable bonds is 6. The first kappa shape index (κ1) is 19.1. The molecule has 0 aliphatic heterocycles. The van der Waals surface area contributed by atoms with Crippen molar-refractivity contribution in [3.63, 3.8) is 0 Å². The van der Waals surface area contributed by atoms with Crippen molar-refractivity contribution in [2.75, 3.05) is 6.61 Å². The number of ketones is 1. The lowest BCUT2D eigenvalue weighted by molar-refractivity contribution is 0.0473. The van der Waals surface area contributed by atoms with Gasteiger partial charge >= 0.3 is 5.97 Å². The first-order valence-electron chi connectivity index (χ1n) is 8.83. The van der Waals surface area contributed by atoms with Crippen LogP contribution in [0.25, 0.3) is 0 Å². The highest BCUT2D eigenvalue weighted by Crippen LogP contribution is 2.20. The molecule has 27 heavy (non-hydrogen) atoms. The van der Waals surface area contributed by atoms with Gasteiger partial charge in [-0.1, -0.05) is 23.8 Å². The average molecular weight is 381 g/mol. The highest BCUT2D eigenvalue weighted by molar-refractivity contribution is 7.09. The Morgan fingerprint density at radius 3 is 2.52 bits per heavy atom. The summed E-state index contributed by atoms with van der Waals surface area (Å²) in [5.41, 5.74) is 4.85. The molecule has 4 nitrogen and oxygen atoms in total.